The lowest BCUT2D eigenvalue weighted by Gasteiger charge is -2.14. The van der Waals surface area contributed by atoms with Crippen molar-refractivity contribution in [1.82, 2.24) is 4.90 Å². The van der Waals surface area contributed by atoms with Gasteiger partial charge in [-0.2, -0.15) is 0 Å². The van der Waals surface area contributed by atoms with Gasteiger partial charge >= 0.3 is 0 Å². The van der Waals surface area contributed by atoms with E-state index in [-0.39, 0.29) is 5.76 Å². The molecular weight excluding hydrogens is 204 g/mol. The zero-order chi connectivity index (χ0) is 11.6. The van der Waals surface area contributed by atoms with Crippen LogP contribution in [0.2, 0.25) is 0 Å². The molecule has 0 atom stereocenters. The minimum Gasteiger partial charge on any atom is -0.456 e. The summed E-state index contributed by atoms with van der Waals surface area (Å²) < 4.78 is 29.2. The molecule has 3 nitrogen and oxygen atoms in total. The zero-order valence-corrected chi connectivity index (χ0v) is 8.88. The van der Waals surface area contributed by atoms with E-state index < -0.39 is 18.9 Å². The topological polar surface area (TPSA) is 33.5 Å². The summed E-state index contributed by atoms with van der Waals surface area (Å²) in [6.07, 6.45) is -2.53. The molecule has 1 amide bonds. The third-order valence-corrected chi connectivity index (χ3v) is 2.14. The van der Waals surface area contributed by atoms with Gasteiger partial charge in [-0.05, 0) is 25.5 Å². The van der Waals surface area contributed by atoms with Crippen molar-refractivity contribution >= 4 is 5.91 Å². The lowest BCUT2D eigenvalue weighted by Crippen LogP contribution is -2.30. The van der Waals surface area contributed by atoms with E-state index in [1.54, 1.807) is 19.9 Å². The van der Waals surface area contributed by atoms with Crippen LogP contribution in [0, 0.1) is 13.8 Å². The van der Waals surface area contributed by atoms with Crippen molar-refractivity contribution in [3.63, 3.8) is 0 Å². The highest BCUT2D eigenvalue weighted by Gasteiger charge is 2.19. The predicted octanol–water partition coefficient (Wildman–Crippen LogP) is 2.23. The summed E-state index contributed by atoms with van der Waals surface area (Å²) in [4.78, 5) is 12.5. The van der Waals surface area contributed by atoms with Crippen LogP contribution in [0.15, 0.2) is 10.5 Å². The number of carbonyl (C=O) groups excluding carboxylic acids is 1. The van der Waals surface area contributed by atoms with Crippen LogP contribution in [0.5, 0.6) is 0 Å². The molecule has 84 valence electrons. The Labute approximate surface area is 86.7 Å². The predicted molar refractivity (Wildman–Crippen MR) is 51.1 cm³/mol. The van der Waals surface area contributed by atoms with Gasteiger partial charge in [-0.15, -0.1) is 0 Å². The molecule has 0 unspecified atom stereocenters. The monoisotopic (exact) mass is 217 g/mol. The number of rotatable bonds is 3. The fourth-order valence-corrected chi connectivity index (χ4v) is 1.16. The van der Waals surface area contributed by atoms with Gasteiger partial charge in [0.15, 0.2) is 5.76 Å². The fourth-order valence-electron chi connectivity index (χ4n) is 1.16. The molecule has 5 heteroatoms. The van der Waals surface area contributed by atoms with E-state index in [9.17, 15) is 13.6 Å². The maximum absolute atomic E-state index is 12.0. The van der Waals surface area contributed by atoms with E-state index in [2.05, 4.69) is 0 Å². The lowest BCUT2D eigenvalue weighted by molar-refractivity contribution is 0.0592. The molecule has 1 heterocycles. The van der Waals surface area contributed by atoms with Crippen molar-refractivity contribution in [1.29, 1.82) is 0 Å². The highest BCUT2D eigenvalue weighted by molar-refractivity contribution is 5.91. The minimum absolute atomic E-state index is 0.105. The Morgan fingerprint density at radius 1 is 1.53 bits per heavy atom. The maximum atomic E-state index is 12.0. The van der Waals surface area contributed by atoms with Crippen molar-refractivity contribution in [2.75, 3.05) is 13.6 Å². The first-order valence-corrected chi connectivity index (χ1v) is 4.52. The van der Waals surface area contributed by atoms with Crippen LogP contribution in [0.3, 0.4) is 0 Å². The van der Waals surface area contributed by atoms with Gasteiger partial charge in [-0.25, -0.2) is 8.78 Å². The Balaban J connectivity index is 2.76. The Hall–Kier alpha value is -1.39. The first-order valence-electron chi connectivity index (χ1n) is 4.52. The molecule has 0 radical (unpaired) electrons. The number of amides is 1. The first-order chi connectivity index (χ1) is 6.91. The van der Waals surface area contributed by atoms with E-state index >= 15 is 0 Å². The lowest BCUT2D eigenvalue weighted by atomic mass is 10.3. The van der Waals surface area contributed by atoms with Gasteiger partial charge in [0.05, 0.1) is 6.54 Å². The van der Waals surface area contributed by atoms with Crippen LogP contribution in [-0.2, 0) is 0 Å². The molecule has 0 aliphatic carbocycles. The summed E-state index contributed by atoms with van der Waals surface area (Å²) in [5.74, 6) is 0.212. The first kappa shape index (κ1) is 11.7. The van der Waals surface area contributed by atoms with Gasteiger partial charge in [-0.1, -0.05) is 0 Å². The van der Waals surface area contributed by atoms with Crippen LogP contribution in [0.4, 0.5) is 8.78 Å². The van der Waals surface area contributed by atoms with Crippen LogP contribution in [-0.4, -0.2) is 30.8 Å². The molecule has 1 aromatic heterocycles. The van der Waals surface area contributed by atoms with Crippen molar-refractivity contribution in [2.24, 2.45) is 0 Å². The summed E-state index contributed by atoms with van der Waals surface area (Å²) in [6, 6.07) is 1.56. The van der Waals surface area contributed by atoms with Gasteiger partial charge in [0.1, 0.15) is 5.76 Å². The number of aryl methyl sites for hydroxylation is 2. The van der Waals surface area contributed by atoms with Gasteiger partial charge in [0, 0.05) is 7.05 Å². The molecular formula is C10H13F2NO2. The van der Waals surface area contributed by atoms with Gasteiger partial charge < -0.3 is 9.32 Å². The van der Waals surface area contributed by atoms with E-state index in [1.165, 1.54) is 7.05 Å². The van der Waals surface area contributed by atoms with Crippen molar-refractivity contribution in [3.8, 4) is 0 Å². The number of halogens is 2. The van der Waals surface area contributed by atoms with Crippen LogP contribution in [0.25, 0.3) is 0 Å². The number of furan rings is 1. The second-order valence-corrected chi connectivity index (χ2v) is 3.43. The van der Waals surface area contributed by atoms with E-state index in [0.29, 0.717) is 5.76 Å². The van der Waals surface area contributed by atoms with E-state index in [4.69, 9.17) is 4.42 Å². The highest BCUT2D eigenvalue weighted by atomic mass is 19.3. The second-order valence-electron chi connectivity index (χ2n) is 3.43. The number of hydrogen-bond donors (Lipinski definition) is 0. The van der Waals surface area contributed by atoms with Crippen LogP contribution >= 0.6 is 0 Å². The standard InChI is InChI=1S/C10H13F2NO2/c1-6-4-8(15-7(6)2)10(14)13(3)5-9(11)12/h4,9H,5H2,1-3H3. The van der Waals surface area contributed by atoms with Crippen molar-refractivity contribution in [2.45, 2.75) is 20.3 Å². The number of alkyl halides is 2. The number of carbonyl (C=O) groups is 1. The van der Waals surface area contributed by atoms with E-state index in [0.717, 1.165) is 10.5 Å². The molecule has 0 saturated heterocycles. The van der Waals surface area contributed by atoms with Gasteiger partial charge in [0.2, 0.25) is 0 Å². The van der Waals surface area contributed by atoms with Crippen LogP contribution in [0.1, 0.15) is 21.9 Å². The Morgan fingerprint density at radius 3 is 2.53 bits per heavy atom. The molecule has 0 fully saturated rings. The number of hydrogen-bond acceptors (Lipinski definition) is 2. The molecule has 0 bridgehead atoms. The quantitative estimate of drug-likeness (QED) is 0.777. The third kappa shape index (κ3) is 2.78. The maximum Gasteiger partial charge on any atom is 0.289 e. The summed E-state index contributed by atoms with van der Waals surface area (Å²) in [7, 11) is 1.32. The summed E-state index contributed by atoms with van der Waals surface area (Å²) in [6.45, 7) is 2.93. The molecule has 0 aliphatic rings. The van der Waals surface area contributed by atoms with E-state index in [1.807, 2.05) is 0 Å². The van der Waals surface area contributed by atoms with Gasteiger partial charge in [0.25, 0.3) is 12.3 Å². The molecule has 0 aromatic carbocycles. The molecule has 0 saturated carbocycles. The fraction of sp³-hybridized carbons (Fsp3) is 0.500. The van der Waals surface area contributed by atoms with Gasteiger partial charge in [-0.3, -0.25) is 4.79 Å². The van der Waals surface area contributed by atoms with Crippen molar-refractivity contribution < 1.29 is 18.0 Å². The summed E-state index contributed by atoms with van der Waals surface area (Å²) in [5, 5.41) is 0. The van der Waals surface area contributed by atoms with Crippen molar-refractivity contribution in [3.05, 3.63) is 23.2 Å². The SMILES string of the molecule is Cc1cc(C(=O)N(C)CC(F)F)oc1C. The van der Waals surface area contributed by atoms with Crippen LogP contribution < -0.4 is 0 Å². The third-order valence-electron chi connectivity index (χ3n) is 2.14. The Kier molecular flexibility index (Phi) is 3.44. The second kappa shape index (κ2) is 4.42. The minimum atomic E-state index is -2.53. The zero-order valence-electron chi connectivity index (χ0n) is 8.88. The smallest absolute Gasteiger partial charge is 0.289 e. The molecule has 0 spiro atoms. The molecule has 1 rings (SSSR count). The highest BCUT2D eigenvalue weighted by Crippen LogP contribution is 2.15. The number of nitrogens with zero attached hydrogens (tertiary/aromatic N) is 1. The molecule has 1 aromatic rings. The molecule has 0 N–H and O–H groups in total. The Morgan fingerprint density at radius 2 is 2.13 bits per heavy atom. The molecule has 0 aliphatic heterocycles. The molecule has 15 heavy (non-hydrogen) atoms. The summed E-state index contributed by atoms with van der Waals surface area (Å²) >= 11 is 0. The largest absolute Gasteiger partial charge is 0.456 e. The average Bonchev–Trinajstić information content (AvgIpc) is 2.44. The normalized spacial score (nSPS) is 10.8. The summed E-state index contributed by atoms with van der Waals surface area (Å²) in [5.41, 5.74) is 0.837. The average molecular weight is 217 g/mol. The Bertz CT molecular complexity index is 341.